The molecular formula is C21H37BrO2. The highest BCUT2D eigenvalue weighted by Crippen LogP contribution is 2.16. The molecule has 0 fully saturated rings. The minimum absolute atomic E-state index is 0.259. The molecule has 0 spiro atoms. The lowest BCUT2D eigenvalue weighted by molar-refractivity contribution is -0.137. The fourth-order valence-corrected chi connectivity index (χ4v) is 3.10. The van der Waals surface area contributed by atoms with Crippen LogP contribution in [0.25, 0.3) is 0 Å². The van der Waals surface area contributed by atoms with Gasteiger partial charge in [-0.2, -0.15) is 0 Å². The summed E-state index contributed by atoms with van der Waals surface area (Å²) in [6.07, 6.45) is 24.3. The van der Waals surface area contributed by atoms with Crippen LogP contribution in [-0.4, -0.2) is 11.1 Å². The molecule has 0 unspecified atom stereocenters. The number of halogens is 1. The quantitative estimate of drug-likeness (QED) is 0.200. The van der Waals surface area contributed by atoms with E-state index in [-0.39, 0.29) is 6.42 Å². The van der Waals surface area contributed by atoms with Crippen molar-refractivity contribution >= 4 is 21.9 Å². The fraction of sp³-hybridized carbons (Fsp3) is 0.762. The lowest BCUT2D eigenvalue weighted by Crippen LogP contribution is -1.92. The number of rotatable bonds is 17. The lowest BCUT2D eigenvalue weighted by atomic mass is 10.1. The van der Waals surface area contributed by atoms with Gasteiger partial charge in [0.25, 0.3) is 0 Å². The van der Waals surface area contributed by atoms with Gasteiger partial charge < -0.3 is 5.11 Å². The van der Waals surface area contributed by atoms with E-state index in [1.165, 1.54) is 68.7 Å². The van der Waals surface area contributed by atoms with Gasteiger partial charge in [-0.3, -0.25) is 4.79 Å². The Morgan fingerprint density at radius 2 is 1.38 bits per heavy atom. The van der Waals surface area contributed by atoms with E-state index in [1.807, 2.05) is 0 Å². The van der Waals surface area contributed by atoms with Crippen LogP contribution in [0.2, 0.25) is 0 Å². The van der Waals surface area contributed by atoms with E-state index < -0.39 is 5.97 Å². The summed E-state index contributed by atoms with van der Waals surface area (Å²) < 4.78 is 1.20. The number of carbonyl (C=O) groups is 1. The normalized spacial score (nSPS) is 12.2. The summed E-state index contributed by atoms with van der Waals surface area (Å²) >= 11 is 3.56. The summed E-state index contributed by atoms with van der Waals surface area (Å²) in [5, 5.41) is 8.57. The van der Waals surface area contributed by atoms with Crippen molar-refractivity contribution < 1.29 is 9.90 Å². The predicted octanol–water partition coefficient (Wildman–Crippen LogP) is 7.78. The summed E-state index contributed by atoms with van der Waals surface area (Å²) in [5.41, 5.74) is 0. The van der Waals surface area contributed by atoms with Gasteiger partial charge >= 0.3 is 5.97 Å². The molecule has 140 valence electrons. The number of hydrogen-bond donors (Lipinski definition) is 1. The van der Waals surface area contributed by atoms with Crippen LogP contribution in [0.5, 0.6) is 0 Å². The zero-order valence-electron chi connectivity index (χ0n) is 15.6. The first-order valence-corrected chi connectivity index (χ1v) is 10.7. The van der Waals surface area contributed by atoms with Crippen LogP contribution in [0, 0.1) is 0 Å². The van der Waals surface area contributed by atoms with Gasteiger partial charge in [-0.05, 0) is 43.0 Å². The first kappa shape index (κ1) is 23.4. The Bertz CT molecular complexity index is 348. The molecular weight excluding hydrogens is 364 g/mol. The second-order valence-corrected chi connectivity index (χ2v) is 7.58. The van der Waals surface area contributed by atoms with Crippen molar-refractivity contribution in [2.75, 3.05) is 0 Å². The predicted molar refractivity (Wildman–Crippen MR) is 109 cm³/mol. The van der Waals surface area contributed by atoms with Gasteiger partial charge in [0.05, 0.1) is 0 Å². The maximum absolute atomic E-state index is 10.4. The summed E-state index contributed by atoms with van der Waals surface area (Å²) in [4.78, 5) is 10.4. The maximum Gasteiger partial charge on any atom is 0.303 e. The highest BCUT2D eigenvalue weighted by Gasteiger charge is 1.96. The van der Waals surface area contributed by atoms with Crippen molar-refractivity contribution in [1.29, 1.82) is 0 Å². The molecule has 0 radical (unpaired) electrons. The molecule has 0 amide bonds. The summed E-state index contributed by atoms with van der Waals surface area (Å²) in [6.45, 7) is 2.27. The van der Waals surface area contributed by atoms with Crippen molar-refractivity contribution in [3.8, 4) is 0 Å². The third-order valence-electron chi connectivity index (χ3n) is 4.15. The van der Waals surface area contributed by atoms with E-state index in [4.69, 9.17) is 5.11 Å². The molecule has 24 heavy (non-hydrogen) atoms. The maximum atomic E-state index is 10.4. The number of carboxylic acid groups (broad SMARTS) is 1. The first-order valence-electron chi connectivity index (χ1n) is 9.88. The number of unbranched alkanes of at least 4 members (excludes halogenated alkanes) is 10. The Morgan fingerprint density at radius 3 is 2.00 bits per heavy atom. The van der Waals surface area contributed by atoms with Gasteiger partial charge in [0.15, 0.2) is 0 Å². The average molecular weight is 401 g/mol. The van der Waals surface area contributed by atoms with E-state index in [2.05, 4.69) is 41.1 Å². The van der Waals surface area contributed by atoms with Crippen LogP contribution in [-0.2, 0) is 4.79 Å². The first-order chi connectivity index (χ1) is 11.7. The van der Waals surface area contributed by atoms with Crippen molar-refractivity contribution in [3.05, 3.63) is 22.7 Å². The van der Waals surface area contributed by atoms with Crippen LogP contribution < -0.4 is 0 Å². The Morgan fingerprint density at radius 1 is 0.792 bits per heavy atom. The van der Waals surface area contributed by atoms with Gasteiger partial charge in [0.2, 0.25) is 0 Å². The number of allylic oxidation sites excluding steroid dienone is 4. The van der Waals surface area contributed by atoms with Gasteiger partial charge in [0, 0.05) is 6.42 Å². The van der Waals surface area contributed by atoms with E-state index in [1.54, 1.807) is 0 Å². The third kappa shape index (κ3) is 19.5. The second-order valence-electron chi connectivity index (χ2n) is 6.56. The zero-order valence-corrected chi connectivity index (χ0v) is 17.2. The molecule has 2 nitrogen and oxygen atoms in total. The topological polar surface area (TPSA) is 37.3 Å². The molecule has 0 aromatic carbocycles. The second kappa shape index (κ2) is 18.8. The SMILES string of the molecule is CCCCCCCCCCC/C=C/CC/C(Br)=C/CCCC(=O)O. The molecule has 0 rings (SSSR count). The van der Waals surface area contributed by atoms with Crippen molar-refractivity contribution in [2.45, 2.75) is 103 Å². The Hall–Kier alpha value is -0.570. The summed E-state index contributed by atoms with van der Waals surface area (Å²) in [7, 11) is 0. The molecule has 3 heteroatoms. The zero-order chi connectivity index (χ0) is 17.9. The van der Waals surface area contributed by atoms with Crippen LogP contribution in [0.15, 0.2) is 22.7 Å². The van der Waals surface area contributed by atoms with Crippen molar-refractivity contribution in [3.63, 3.8) is 0 Å². The number of aliphatic carboxylic acids is 1. The summed E-state index contributed by atoms with van der Waals surface area (Å²) in [6, 6.07) is 0. The van der Waals surface area contributed by atoms with Crippen molar-refractivity contribution in [1.82, 2.24) is 0 Å². The molecule has 0 heterocycles. The molecule has 0 saturated carbocycles. The number of hydrogen-bond acceptors (Lipinski definition) is 1. The lowest BCUT2D eigenvalue weighted by Gasteiger charge is -2.00. The molecule has 1 N–H and O–H groups in total. The highest BCUT2D eigenvalue weighted by molar-refractivity contribution is 9.11. The standard InChI is InChI=1S/C21H37BrO2/c1-2-3-4-5-6-7-8-9-10-11-12-13-14-17-20(22)18-15-16-19-21(23)24/h12-13,18H,2-11,14-17,19H2,1H3,(H,23,24)/b13-12+,20-18-. The molecule has 0 aliphatic heterocycles. The molecule has 0 aromatic rings. The van der Waals surface area contributed by atoms with Gasteiger partial charge in [0.1, 0.15) is 0 Å². The fourth-order valence-electron chi connectivity index (χ4n) is 2.64. The van der Waals surface area contributed by atoms with E-state index in [0.29, 0.717) is 0 Å². The monoisotopic (exact) mass is 400 g/mol. The van der Waals surface area contributed by atoms with Gasteiger partial charge in [-0.15, -0.1) is 0 Å². The number of carboxylic acids is 1. The van der Waals surface area contributed by atoms with Crippen LogP contribution in [0.4, 0.5) is 0 Å². The van der Waals surface area contributed by atoms with Gasteiger partial charge in [-0.25, -0.2) is 0 Å². The minimum Gasteiger partial charge on any atom is -0.481 e. The highest BCUT2D eigenvalue weighted by atomic mass is 79.9. The van der Waals surface area contributed by atoms with Crippen LogP contribution in [0.1, 0.15) is 103 Å². The smallest absolute Gasteiger partial charge is 0.303 e. The molecule has 0 atom stereocenters. The van der Waals surface area contributed by atoms with Crippen LogP contribution >= 0.6 is 15.9 Å². The Balaban J connectivity index is 3.34. The van der Waals surface area contributed by atoms with Gasteiger partial charge in [-0.1, -0.05) is 92.4 Å². The Kier molecular flexibility index (Phi) is 18.3. The van der Waals surface area contributed by atoms with E-state index >= 15 is 0 Å². The van der Waals surface area contributed by atoms with E-state index in [0.717, 1.165) is 25.7 Å². The minimum atomic E-state index is -0.709. The molecule has 0 saturated heterocycles. The van der Waals surface area contributed by atoms with E-state index in [9.17, 15) is 4.79 Å². The average Bonchev–Trinajstić information content (AvgIpc) is 2.55. The molecule has 0 bridgehead atoms. The molecule has 0 aliphatic rings. The molecule has 0 aliphatic carbocycles. The summed E-state index contributed by atoms with van der Waals surface area (Å²) in [5.74, 6) is -0.709. The van der Waals surface area contributed by atoms with Crippen molar-refractivity contribution in [2.24, 2.45) is 0 Å². The largest absolute Gasteiger partial charge is 0.481 e. The third-order valence-corrected chi connectivity index (χ3v) is 4.87. The Labute approximate surface area is 157 Å². The van der Waals surface area contributed by atoms with Crippen LogP contribution in [0.3, 0.4) is 0 Å². The molecule has 0 aromatic heterocycles.